The molecule has 24 heavy (non-hydrogen) atoms. The van der Waals surface area contributed by atoms with E-state index in [1.807, 2.05) is 18.2 Å². The van der Waals surface area contributed by atoms with Crippen LogP contribution >= 0.6 is 0 Å². The number of fused-ring (bicyclic) bond motifs is 1. The summed E-state index contributed by atoms with van der Waals surface area (Å²) in [6, 6.07) is 14.9. The molecule has 4 heteroatoms. The number of Topliss-reactive ketones (excluding diaryl/α,β-unsaturated/α-hetero) is 1. The van der Waals surface area contributed by atoms with Crippen molar-refractivity contribution in [1.29, 1.82) is 0 Å². The highest BCUT2D eigenvalue weighted by atomic mass is 16.5. The summed E-state index contributed by atoms with van der Waals surface area (Å²) in [6.07, 6.45) is 1.34. The van der Waals surface area contributed by atoms with Gasteiger partial charge in [0.1, 0.15) is 5.75 Å². The number of aryl methyl sites for hydroxylation is 1. The van der Waals surface area contributed by atoms with Crippen LogP contribution in [-0.4, -0.2) is 24.3 Å². The summed E-state index contributed by atoms with van der Waals surface area (Å²) in [7, 11) is 0. The normalized spacial score (nSPS) is 14.7. The first-order chi connectivity index (χ1) is 11.6. The fourth-order valence-electron chi connectivity index (χ4n) is 3.02. The minimum Gasteiger partial charge on any atom is -0.481 e. The van der Waals surface area contributed by atoms with Gasteiger partial charge in [-0.3, -0.25) is 9.59 Å². The fourth-order valence-corrected chi connectivity index (χ4v) is 3.02. The van der Waals surface area contributed by atoms with Gasteiger partial charge in [0.15, 0.2) is 11.9 Å². The first-order valence-electron chi connectivity index (χ1n) is 8.23. The molecular formula is C20H21NO3. The Balaban J connectivity index is 1.76. The van der Waals surface area contributed by atoms with Gasteiger partial charge in [0.05, 0.1) is 0 Å². The molecular weight excluding hydrogens is 302 g/mol. The van der Waals surface area contributed by atoms with Gasteiger partial charge in [-0.05, 0) is 50.5 Å². The van der Waals surface area contributed by atoms with E-state index in [1.165, 1.54) is 12.5 Å². The zero-order valence-corrected chi connectivity index (χ0v) is 14.0. The van der Waals surface area contributed by atoms with Crippen molar-refractivity contribution in [3.8, 4) is 5.75 Å². The Bertz CT molecular complexity index is 769. The summed E-state index contributed by atoms with van der Waals surface area (Å²) in [5, 5.41) is 0. The van der Waals surface area contributed by atoms with Crippen LogP contribution < -0.4 is 9.64 Å². The molecule has 0 bridgehead atoms. The number of rotatable bonds is 4. The van der Waals surface area contributed by atoms with Gasteiger partial charge in [-0.25, -0.2) is 0 Å². The van der Waals surface area contributed by atoms with Gasteiger partial charge in [0, 0.05) is 17.8 Å². The molecule has 4 nitrogen and oxygen atoms in total. The highest BCUT2D eigenvalue weighted by molar-refractivity contribution is 5.97. The number of ketones is 1. The fraction of sp³-hybridized carbons (Fsp3) is 0.300. The summed E-state index contributed by atoms with van der Waals surface area (Å²) in [6.45, 7) is 3.97. The Morgan fingerprint density at radius 2 is 1.92 bits per heavy atom. The maximum absolute atomic E-state index is 12.8. The number of carbonyl (C=O) groups is 2. The molecule has 124 valence electrons. The predicted molar refractivity (Wildman–Crippen MR) is 93.7 cm³/mol. The lowest BCUT2D eigenvalue weighted by molar-refractivity contribution is -0.124. The van der Waals surface area contributed by atoms with E-state index in [2.05, 4.69) is 6.07 Å². The SMILES string of the molecule is CC(=O)c1cccc(OC(C)C(=O)N2CCCc3ccccc32)c1. The number of ether oxygens (including phenoxy) is 1. The Hall–Kier alpha value is -2.62. The zero-order valence-electron chi connectivity index (χ0n) is 14.0. The molecule has 0 saturated carbocycles. The maximum Gasteiger partial charge on any atom is 0.267 e. The number of nitrogens with zero attached hydrogens (tertiary/aromatic N) is 1. The monoisotopic (exact) mass is 323 g/mol. The molecule has 1 aliphatic heterocycles. The lowest BCUT2D eigenvalue weighted by Crippen LogP contribution is -2.43. The van der Waals surface area contributed by atoms with Crippen LogP contribution in [0.2, 0.25) is 0 Å². The predicted octanol–water partition coefficient (Wildman–Crippen LogP) is 3.64. The zero-order chi connectivity index (χ0) is 17.1. The van der Waals surface area contributed by atoms with Crippen molar-refractivity contribution in [2.45, 2.75) is 32.8 Å². The van der Waals surface area contributed by atoms with Gasteiger partial charge >= 0.3 is 0 Å². The molecule has 0 fully saturated rings. The summed E-state index contributed by atoms with van der Waals surface area (Å²) in [5.41, 5.74) is 2.75. The van der Waals surface area contributed by atoms with Crippen molar-refractivity contribution >= 4 is 17.4 Å². The molecule has 0 saturated heterocycles. The van der Waals surface area contributed by atoms with Crippen molar-refractivity contribution in [3.05, 3.63) is 59.7 Å². The van der Waals surface area contributed by atoms with Gasteiger partial charge < -0.3 is 9.64 Å². The standard InChI is InChI=1S/C20H21NO3/c1-14(22)17-8-5-10-18(13-17)24-15(2)20(23)21-12-6-9-16-7-3-4-11-19(16)21/h3-5,7-8,10-11,13,15H,6,9,12H2,1-2H3. The number of amides is 1. The van der Waals surface area contributed by atoms with Crippen molar-refractivity contribution in [2.75, 3.05) is 11.4 Å². The number of anilines is 1. The van der Waals surface area contributed by atoms with E-state index < -0.39 is 6.10 Å². The van der Waals surface area contributed by atoms with Gasteiger partial charge in [-0.15, -0.1) is 0 Å². The minimum absolute atomic E-state index is 0.0237. The topological polar surface area (TPSA) is 46.6 Å². The molecule has 3 rings (SSSR count). The average molecular weight is 323 g/mol. The third-order valence-corrected chi connectivity index (χ3v) is 4.28. The number of hydrogen-bond acceptors (Lipinski definition) is 3. The summed E-state index contributed by atoms with van der Waals surface area (Å²) in [4.78, 5) is 26.1. The second-order valence-electron chi connectivity index (χ2n) is 6.07. The van der Waals surface area contributed by atoms with Crippen LogP contribution in [0.1, 0.15) is 36.2 Å². The van der Waals surface area contributed by atoms with Crippen molar-refractivity contribution in [3.63, 3.8) is 0 Å². The molecule has 1 heterocycles. The quantitative estimate of drug-likeness (QED) is 0.807. The first kappa shape index (κ1) is 16.2. The molecule has 1 atom stereocenters. The van der Waals surface area contributed by atoms with Crippen LogP contribution in [0.3, 0.4) is 0 Å². The van der Waals surface area contributed by atoms with Gasteiger partial charge in [0.25, 0.3) is 5.91 Å². The van der Waals surface area contributed by atoms with Crippen molar-refractivity contribution in [2.24, 2.45) is 0 Å². The lowest BCUT2D eigenvalue weighted by atomic mass is 10.0. The largest absolute Gasteiger partial charge is 0.481 e. The van der Waals surface area contributed by atoms with Crippen LogP contribution in [0.4, 0.5) is 5.69 Å². The van der Waals surface area contributed by atoms with Crippen molar-refractivity contribution in [1.82, 2.24) is 0 Å². The second kappa shape index (κ2) is 6.87. The molecule has 0 aromatic heterocycles. The van der Waals surface area contributed by atoms with Crippen LogP contribution in [0, 0.1) is 0 Å². The number of carbonyl (C=O) groups excluding carboxylic acids is 2. The minimum atomic E-state index is -0.613. The Morgan fingerprint density at radius 3 is 2.71 bits per heavy atom. The molecule has 0 N–H and O–H groups in total. The highest BCUT2D eigenvalue weighted by Crippen LogP contribution is 2.27. The van der Waals surface area contributed by atoms with E-state index in [4.69, 9.17) is 4.74 Å². The molecule has 1 amide bonds. The number of hydrogen-bond donors (Lipinski definition) is 0. The average Bonchev–Trinajstić information content (AvgIpc) is 2.60. The van der Waals surface area contributed by atoms with Gasteiger partial charge in [-0.1, -0.05) is 30.3 Å². The van der Waals surface area contributed by atoms with Crippen LogP contribution in [0.5, 0.6) is 5.75 Å². The maximum atomic E-state index is 12.8. The van der Waals surface area contributed by atoms with E-state index in [9.17, 15) is 9.59 Å². The van der Waals surface area contributed by atoms with E-state index in [-0.39, 0.29) is 11.7 Å². The lowest BCUT2D eigenvalue weighted by Gasteiger charge is -2.31. The Kier molecular flexibility index (Phi) is 4.65. The Labute approximate surface area is 142 Å². The summed E-state index contributed by atoms with van der Waals surface area (Å²) in [5.74, 6) is 0.452. The summed E-state index contributed by atoms with van der Waals surface area (Å²) < 4.78 is 5.79. The van der Waals surface area contributed by atoms with E-state index in [0.717, 1.165) is 18.5 Å². The number of para-hydroxylation sites is 1. The van der Waals surface area contributed by atoms with Crippen LogP contribution in [-0.2, 0) is 11.2 Å². The molecule has 1 aliphatic rings. The molecule has 0 radical (unpaired) electrons. The van der Waals surface area contributed by atoms with Gasteiger partial charge in [0.2, 0.25) is 0 Å². The second-order valence-corrected chi connectivity index (χ2v) is 6.07. The Morgan fingerprint density at radius 1 is 1.12 bits per heavy atom. The van der Waals surface area contributed by atoms with Crippen LogP contribution in [0.25, 0.3) is 0 Å². The highest BCUT2D eigenvalue weighted by Gasteiger charge is 2.27. The first-order valence-corrected chi connectivity index (χ1v) is 8.23. The molecule has 0 spiro atoms. The van der Waals surface area contributed by atoms with Crippen LogP contribution in [0.15, 0.2) is 48.5 Å². The number of benzene rings is 2. The molecule has 1 unspecified atom stereocenters. The van der Waals surface area contributed by atoms with E-state index in [1.54, 1.807) is 36.1 Å². The summed E-state index contributed by atoms with van der Waals surface area (Å²) >= 11 is 0. The molecule has 2 aromatic rings. The van der Waals surface area contributed by atoms with E-state index >= 15 is 0 Å². The smallest absolute Gasteiger partial charge is 0.267 e. The third kappa shape index (κ3) is 3.32. The molecule has 0 aliphatic carbocycles. The van der Waals surface area contributed by atoms with Crippen molar-refractivity contribution < 1.29 is 14.3 Å². The van der Waals surface area contributed by atoms with Gasteiger partial charge in [-0.2, -0.15) is 0 Å². The molecule has 2 aromatic carbocycles. The van der Waals surface area contributed by atoms with E-state index in [0.29, 0.717) is 17.9 Å². The third-order valence-electron chi connectivity index (χ3n) is 4.28.